The van der Waals surface area contributed by atoms with Crippen LogP contribution < -0.4 is 0 Å². The zero-order chi connectivity index (χ0) is 10.7. The summed E-state index contributed by atoms with van der Waals surface area (Å²) in [5.74, 6) is 2.12. The van der Waals surface area contributed by atoms with Crippen molar-refractivity contribution < 1.29 is 4.52 Å². The number of rotatable bonds is 3. The van der Waals surface area contributed by atoms with Gasteiger partial charge < -0.3 is 4.52 Å². The summed E-state index contributed by atoms with van der Waals surface area (Å²) in [6.45, 7) is 3.90. The Morgan fingerprint density at radius 2 is 2.07 bits per heavy atom. The normalized spacial score (nSPS) is 10.5. The van der Waals surface area contributed by atoms with Gasteiger partial charge in [-0.15, -0.1) is 11.8 Å². The molecule has 0 amide bonds. The van der Waals surface area contributed by atoms with Crippen LogP contribution in [0.5, 0.6) is 0 Å². The third kappa shape index (κ3) is 2.59. The molecule has 2 rings (SSSR count). The minimum atomic E-state index is 0.621. The Morgan fingerprint density at radius 3 is 2.73 bits per heavy atom. The van der Waals surface area contributed by atoms with E-state index in [1.165, 1.54) is 10.5 Å². The van der Waals surface area contributed by atoms with E-state index in [4.69, 9.17) is 4.52 Å². The average molecular weight is 220 g/mol. The summed E-state index contributed by atoms with van der Waals surface area (Å²) in [6, 6.07) is 8.28. The van der Waals surface area contributed by atoms with Crippen LogP contribution in [0, 0.1) is 13.8 Å². The summed E-state index contributed by atoms with van der Waals surface area (Å²) in [6.07, 6.45) is 0. The summed E-state index contributed by atoms with van der Waals surface area (Å²) >= 11 is 1.73. The molecule has 0 bridgehead atoms. The average Bonchev–Trinajstić information content (AvgIpc) is 2.63. The summed E-state index contributed by atoms with van der Waals surface area (Å²) < 4.78 is 4.91. The standard InChI is InChI=1S/C11H12N2OS/c1-8-5-3-4-6-10(8)15-7-11-12-9(2)14-13-11/h3-6H,7H2,1-2H3. The number of hydrogen-bond donors (Lipinski definition) is 0. The number of thioether (sulfide) groups is 1. The third-order valence-corrected chi connectivity index (χ3v) is 3.19. The highest BCUT2D eigenvalue weighted by Gasteiger charge is 2.04. The van der Waals surface area contributed by atoms with Gasteiger partial charge in [-0.05, 0) is 18.6 Å². The Bertz CT molecular complexity index is 453. The van der Waals surface area contributed by atoms with Crippen molar-refractivity contribution >= 4 is 11.8 Å². The second-order valence-corrected chi connectivity index (χ2v) is 4.30. The molecule has 0 atom stereocenters. The van der Waals surface area contributed by atoms with Crippen molar-refractivity contribution in [3.8, 4) is 0 Å². The van der Waals surface area contributed by atoms with Gasteiger partial charge in [0, 0.05) is 11.8 Å². The molecule has 0 saturated heterocycles. The predicted octanol–water partition coefficient (Wildman–Crippen LogP) is 2.98. The van der Waals surface area contributed by atoms with Crippen LogP contribution in [0.4, 0.5) is 0 Å². The van der Waals surface area contributed by atoms with Gasteiger partial charge in [0.1, 0.15) is 0 Å². The van der Waals surface area contributed by atoms with E-state index in [1.807, 2.05) is 12.1 Å². The maximum Gasteiger partial charge on any atom is 0.223 e. The van der Waals surface area contributed by atoms with Crippen molar-refractivity contribution in [3.63, 3.8) is 0 Å². The Labute approximate surface area is 92.9 Å². The fourth-order valence-corrected chi connectivity index (χ4v) is 2.13. The van der Waals surface area contributed by atoms with Crippen molar-refractivity contribution in [2.75, 3.05) is 0 Å². The van der Waals surface area contributed by atoms with Crippen LogP contribution in [0.3, 0.4) is 0 Å². The molecule has 4 heteroatoms. The molecule has 0 N–H and O–H groups in total. The molecule has 78 valence electrons. The van der Waals surface area contributed by atoms with E-state index in [2.05, 4.69) is 29.2 Å². The highest BCUT2D eigenvalue weighted by Crippen LogP contribution is 2.24. The van der Waals surface area contributed by atoms with E-state index in [0.717, 1.165) is 11.6 Å². The van der Waals surface area contributed by atoms with Crippen molar-refractivity contribution in [1.29, 1.82) is 0 Å². The first-order valence-electron chi connectivity index (χ1n) is 4.73. The molecule has 0 aliphatic carbocycles. The molecule has 0 saturated carbocycles. The number of nitrogens with zero attached hydrogens (tertiary/aromatic N) is 2. The Kier molecular flexibility index (Phi) is 3.06. The number of aromatic nitrogens is 2. The lowest BCUT2D eigenvalue weighted by Gasteiger charge is -2.01. The molecule has 15 heavy (non-hydrogen) atoms. The SMILES string of the molecule is Cc1nc(CSc2ccccc2C)no1. The lowest BCUT2D eigenvalue weighted by Crippen LogP contribution is -1.85. The number of aryl methyl sites for hydroxylation is 2. The largest absolute Gasteiger partial charge is 0.340 e. The molecular weight excluding hydrogens is 208 g/mol. The topological polar surface area (TPSA) is 38.9 Å². The van der Waals surface area contributed by atoms with Gasteiger partial charge in [0.05, 0.1) is 5.75 Å². The minimum absolute atomic E-state index is 0.621. The van der Waals surface area contributed by atoms with E-state index in [9.17, 15) is 0 Å². The van der Waals surface area contributed by atoms with Crippen LogP contribution in [0.2, 0.25) is 0 Å². The van der Waals surface area contributed by atoms with Gasteiger partial charge in [0.25, 0.3) is 0 Å². The van der Waals surface area contributed by atoms with Crippen LogP contribution in [0.15, 0.2) is 33.7 Å². The first-order valence-corrected chi connectivity index (χ1v) is 5.72. The van der Waals surface area contributed by atoms with Gasteiger partial charge >= 0.3 is 0 Å². The first kappa shape index (κ1) is 10.2. The van der Waals surface area contributed by atoms with Crippen LogP contribution in [0.1, 0.15) is 17.3 Å². The fourth-order valence-electron chi connectivity index (χ4n) is 1.26. The molecule has 0 unspecified atom stereocenters. The summed E-state index contributed by atoms with van der Waals surface area (Å²) in [5.41, 5.74) is 1.28. The van der Waals surface area contributed by atoms with Crippen molar-refractivity contribution in [3.05, 3.63) is 41.5 Å². The monoisotopic (exact) mass is 220 g/mol. The van der Waals surface area contributed by atoms with Gasteiger partial charge in [-0.1, -0.05) is 23.4 Å². The number of benzene rings is 1. The molecule has 1 aromatic carbocycles. The van der Waals surface area contributed by atoms with E-state index >= 15 is 0 Å². The zero-order valence-electron chi connectivity index (χ0n) is 8.73. The Morgan fingerprint density at radius 1 is 1.27 bits per heavy atom. The number of hydrogen-bond acceptors (Lipinski definition) is 4. The van der Waals surface area contributed by atoms with E-state index in [0.29, 0.717) is 5.89 Å². The second-order valence-electron chi connectivity index (χ2n) is 3.28. The third-order valence-electron chi connectivity index (χ3n) is 2.02. The van der Waals surface area contributed by atoms with Gasteiger partial charge in [-0.25, -0.2) is 0 Å². The predicted molar refractivity (Wildman–Crippen MR) is 59.8 cm³/mol. The fraction of sp³-hybridized carbons (Fsp3) is 0.273. The molecule has 0 spiro atoms. The van der Waals surface area contributed by atoms with Gasteiger partial charge in [0.15, 0.2) is 5.82 Å². The van der Waals surface area contributed by atoms with Crippen molar-refractivity contribution in [2.45, 2.75) is 24.5 Å². The first-order chi connectivity index (χ1) is 7.25. The lowest BCUT2D eigenvalue weighted by atomic mass is 10.2. The summed E-state index contributed by atoms with van der Waals surface area (Å²) in [7, 11) is 0. The van der Waals surface area contributed by atoms with Crippen LogP contribution in [-0.2, 0) is 5.75 Å². The maximum absolute atomic E-state index is 4.91. The highest BCUT2D eigenvalue weighted by molar-refractivity contribution is 7.98. The van der Waals surface area contributed by atoms with E-state index < -0.39 is 0 Å². The second kappa shape index (κ2) is 4.49. The minimum Gasteiger partial charge on any atom is -0.340 e. The van der Waals surface area contributed by atoms with E-state index in [-0.39, 0.29) is 0 Å². The summed E-state index contributed by atoms with van der Waals surface area (Å²) in [4.78, 5) is 5.42. The molecular formula is C11H12N2OS. The quantitative estimate of drug-likeness (QED) is 0.745. The molecule has 1 heterocycles. The molecule has 2 aromatic rings. The van der Waals surface area contributed by atoms with Gasteiger partial charge in [-0.3, -0.25) is 0 Å². The smallest absolute Gasteiger partial charge is 0.223 e. The molecule has 3 nitrogen and oxygen atoms in total. The summed E-state index contributed by atoms with van der Waals surface area (Å²) in [5, 5.41) is 3.85. The van der Waals surface area contributed by atoms with Gasteiger partial charge in [-0.2, -0.15) is 4.98 Å². The van der Waals surface area contributed by atoms with Crippen molar-refractivity contribution in [1.82, 2.24) is 10.1 Å². The zero-order valence-corrected chi connectivity index (χ0v) is 9.54. The van der Waals surface area contributed by atoms with Crippen LogP contribution in [0.25, 0.3) is 0 Å². The Balaban J connectivity index is 2.02. The van der Waals surface area contributed by atoms with Crippen LogP contribution >= 0.6 is 11.8 Å². The molecule has 0 aliphatic rings. The lowest BCUT2D eigenvalue weighted by molar-refractivity contribution is 0.389. The molecule has 0 fully saturated rings. The van der Waals surface area contributed by atoms with E-state index in [1.54, 1.807) is 18.7 Å². The maximum atomic E-state index is 4.91. The molecule has 0 radical (unpaired) electrons. The van der Waals surface area contributed by atoms with Gasteiger partial charge in [0.2, 0.25) is 5.89 Å². The molecule has 1 aromatic heterocycles. The Hall–Kier alpha value is -1.29. The van der Waals surface area contributed by atoms with Crippen molar-refractivity contribution in [2.24, 2.45) is 0 Å². The highest BCUT2D eigenvalue weighted by atomic mass is 32.2. The van der Waals surface area contributed by atoms with Crippen LogP contribution in [-0.4, -0.2) is 10.1 Å². The molecule has 0 aliphatic heterocycles.